The maximum Gasteiger partial charge on any atom is 0.178 e. The van der Waals surface area contributed by atoms with Crippen LogP contribution in [-0.4, -0.2) is 22.8 Å². The number of aromatic amines is 1. The SMILES string of the molecule is Cc1cccc2[nH]c(=S)n(C(C)C3CCOC3)c12. The van der Waals surface area contributed by atoms with E-state index in [1.807, 2.05) is 0 Å². The van der Waals surface area contributed by atoms with Crippen LogP contribution < -0.4 is 0 Å². The molecule has 96 valence electrons. The standard InChI is InChI=1S/C14H18N2OS/c1-9-4-3-5-12-13(9)16(14(18)15-12)10(2)11-6-7-17-8-11/h3-5,10-11H,6-8H2,1-2H3,(H,15,18). The first-order valence-electron chi connectivity index (χ1n) is 6.46. The van der Waals surface area contributed by atoms with E-state index in [1.165, 1.54) is 11.1 Å². The van der Waals surface area contributed by atoms with Crippen LogP contribution in [0.1, 0.15) is 24.9 Å². The van der Waals surface area contributed by atoms with Crippen LogP contribution in [0.4, 0.5) is 0 Å². The topological polar surface area (TPSA) is 29.9 Å². The maximum atomic E-state index is 5.50. The Bertz CT molecular complexity index is 622. The molecule has 3 nitrogen and oxygen atoms in total. The molecule has 0 amide bonds. The Labute approximate surface area is 112 Å². The van der Waals surface area contributed by atoms with Gasteiger partial charge in [-0.2, -0.15) is 0 Å². The van der Waals surface area contributed by atoms with Crippen molar-refractivity contribution in [3.05, 3.63) is 28.5 Å². The Morgan fingerprint density at radius 3 is 3.06 bits per heavy atom. The van der Waals surface area contributed by atoms with Gasteiger partial charge in [-0.05, 0) is 44.1 Å². The Morgan fingerprint density at radius 2 is 2.33 bits per heavy atom. The largest absolute Gasteiger partial charge is 0.381 e. The summed E-state index contributed by atoms with van der Waals surface area (Å²) >= 11 is 5.49. The normalized spacial score (nSPS) is 21.6. The fourth-order valence-electron chi connectivity index (χ4n) is 2.89. The molecule has 0 bridgehead atoms. The summed E-state index contributed by atoms with van der Waals surface area (Å²) in [5.74, 6) is 0.565. The molecule has 2 unspecified atom stereocenters. The Hall–Kier alpha value is -1.13. The second-order valence-electron chi connectivity index (χ2n) is 5.14. The number of nitrogens with one attached hydrogen (secondary N) is 1. The van der Waals surface area contributed by atoms with Gasteiger partial charge in [0, 0.05) is 18.6 Å². The van der Waals surface area contributed by atoms with E-state index in [9.17, 15) is 0 Å². The molecular weight excluding hydrogens is 244 g/mol. The average Bonchev–Trinajstić information content (AvgIpc) is 2.95. The van der Waals surface area contributed by atoms with Crippen LogP contribution in [0.2, 0.25) is 0 Å². The molecule has 1 N–H and O–H groups in total. The van der Waals surface area contributed by atoms with E-state index in [1.54, 1.807) is 0 Å². The van der Waals surface area contributed by atoms with Crippen molar-refractivity contribution in [3.8, 4) is 0 Å². The van der Waals surface area contributed by atoms with Crippen LogP contribution in [0.25, 0.3) is 11.0 Å². The average molecular weight is 262 g/mol. The lowest BCUT2D eigenvalue weighted by atomic mass is 10.00. The van der Waals surface area contributed by atoms with Gasteiger partial charge in [0.2, 0.25) is 0 Å². The summed E-state index contributed by atoms with van der Waals surface area (Å²) in [6, 6.07) is 6.68. The van der Waals surface area contributed by atoms with Crippen molar-refractivity contribution in [3.63, 3.8) is 0 Å². The van der Waals surface area contributed by atoms with Crippen molar-refractivity contribution >= 4 is 23.3 Å². The first kappa shape index (κ1) is 11.9. The van der Waals surface area contributed by atoms with E-state index in [-0.39, 0.29) is 0 Å². The summed E-state index contributed by atoms with van der Waals surface area (Å²) < 4.78 is 8.58. The smallest absolute Gasteiger partial charge is 0.178 e. The summed E-state index contributed by atoms with van der Waals surface area (Å²) in [6.45, 7) is 6.11. The highest BCUT2D eigenvalue weighted by atomic mass is 32.1. The highest BCUT2D eigenvalue weighted by molar-refractivity contribution is 7.71. The van der Waals surface area contributed by atoms with Gasteiger partial charge in [0.15, 0.2) is 4.77 Å². The van der Waals surface area contributed by atoms with Crippen LogP contribution in [0.15, 0.2) is 18.2 Å². The summed E-state index contributed by atoms with van der Waals surface area (Å²) in [5.41, 5.74) is 3.64. The highest BCUT2D eigenvalue weighted by Crippen LogP contribution is 2.30. The molecule has 1 saturated heterocycles. The second kappa shape index (κ2) is 4.52. The number of nitrogens with zero attached hydrogens (tertiary/aromatic N) is 1. The van der Waals surface area contributed by atoms with Gasteiger partial charge in [0.1, 0.15) is 0 Å². The van der Waals surface area contributed by atoms with Crippen molar-refractivity contribution in [2.45, 2.75) is 26.3 Å². The minimum absolute atomic E-state index is 0.384. The molecule has 1 aliphatic rings. The van der Waals surface area contributed by atoms with Gasteiger partial charge in [-0.1, -0.05) is 12.1 Å². The van der Waals surface area contributed by atoms with E-state index >= 15 is 0 Å². The Morgan fingerprint density at radius 1 is 1.50 bits per heavy atom. The quantitative estimate of drug-likeness (QED) is 0.838. The lowest BCUT2D eigenvalue weighted by Gasteiger charge is -2.20. The van der Waals surface area contributed by atoms with Gasteiger partial charge in [0.05, 0.1) is 17.6 Å². The summed E-state index contributed by atoms with van der Waals surface area (Å²) in [6.07, 6.45) is 1.13. The number of rotatable bonds is 2. The summed E-state index contributed by atoms with van der Waals surface area (Å²) in [4.78, 5) is 3.31. The maximum absolute atomic E-state index is 5.50. The molecule has 18 heavy (non-hydrogen) atoms. The molecule has 2 atom stereocenters. The molecule has 1 fully saturated rings. The molecule has 0 saturated carbocycles. The highest BCUT2D eigenvalue weighted by Gasteiger charge is 2.25. The van der Waals surface area contributed by atoms with E-state index in [0.29, 0.717) is 12.0 Å². The second-order valence-corrected chi connectivity index (χ2v) is 5.52. The molecule has 3 rings (SSSR count). The van der Waals surface area contributed by atoms with E-state index in [2.05, 4.69) is 41.6 Å². The van der Waals surface area contributed by atoms with Gasteiger partial charge in [-0.3, -0.25) is 0 Å². The van der Waals surface area contributed by atoms with Gasteiger partial charge < -0.3 is 14.3 Å². The van der Waals surface area contributed by atoms with Crippen molar-refractivity contribution < 1.29 is 4.74 Å². The molecule has 0 radical (unpaired) electrons. The molecule has 2 aromatic rings. The molecule has 1 aliphatic heterocycles. The molecule has 1 aromatic heterocycles. The predicted molar refractivity (Wildman–Crippen MR) is 75.5 cm³/mol. The summed E-state index contributed by atoms with van der Waals surface area (Å²) in [5, 5.41) is 0. The van der Waals surface area contributed by atoms with Crippen molar-refractivity contribution in [1.29, 1.82) is 0 Å². The molecule has 0 spiro atoms. The third-order valence-corrected chi connectivity index (χ3v) is 4.29. The number of H-pyrrole nitrogens is 1. The van der Waals surface area contributed by atoms with Crippen LogP contribution in [-0.2, 0) is 4.74 Å². The molecule has 1 aromatic carbocycles. The van der Waals surface area contributed by atoms with Crippen LogP contribution in [0.5, 0.6) is 0 Å². The number of imidazole rings is 1. The number of fused-ring (bicyclic) bond motifs is 1. The van der Waals surface area contributed by atoms with Gasteiger partial charge >= 0.3 is 0 Å². The van der Waals surface area contributed by atoms with Crippen LogP contribution in [0, 0.1) is 17.6 Å². The first-order valence-corrected chi connectivity index (χ1v) is 6.87. The lowest BCUT2D eigenvalue weighted by molar-refractivity contribution is 0.175. The molecule has 2 heterocycles. The van der Waals surface area contributed by atoms with Crippen molar-refractivity contribution in [2.24, 2.45) is 5.92 Å². The number of aryl methyl sites for hydroxylation is 1. The minimum atomic E-state index is 0.384. The fourth-order valence-corrected chi connectivity index (χ4v) is 3.26. The predicted octanol–water partition coefficient (Wildman–Crippen LogP) is 3.60. The number of aromatic nitrogens is 2. The molecular formula is C14H18N2OS. The molecule has 4 heteroatoms. The van der Waals surface area contributed by atoms with Crippen molar-refractivity contribution in [1.82, 2.24) is 9.55 Å². The number of hydrogen-bond donors (Lipinski definition) is 1. The fraction of sp³-hybridized carbons (Fsp3) is 0.500. The van der Waals surface area contributed by atoms with Crippen LogP contribution in [0.3, 0.4) is 0 Å². The number of hydrogen-bond acceptors (Lipinski definition) is 2. The zero-order valence-electron chi connectivity index (χ0n) is 10.8. The van der Waals surface area contributed by atoms with Gasteiger partial charge in [0.25, 0.3) is 0 Å². The lowest BCUT2D eigenvalue weighted by Crippen LogP contribution is -2.17. The number of ether oxygens (including phenoxy) is 1. The zero-order chi connectivity index (χ0) is 12.7. The van der Waals surface area contributed by atoms with Gasteiger partial charge in [-0.15, -0.1) is 0 Å². The molecule has 0 aliphatic carbocycles. The van der Waals surface area contributed by atoms with Crippen LogP contribution >= 0.6 is 12.2 Å². The van der Waals surface area contributed by atoms with E-state index in [4.69, 9.17) is 17.0 Å². The number of benzene rings is 1. The Balaban J connectivity index is 2.15. The van der Waals surface area contributed by atoms with E-state index < -0.39 is 0 Å². The van der Waals surface area contributed by atoms with Gasteiger partial charge in [-0.25, -0.2) is 0 Å². The van der Waals surface area contributed by atoms with Crippen molar-refractivity contribution in [2.75, 3.05) is 13.2 Å². The zero-order valence-corrected chi connectivity index (χ0v) is 11.6. The monoisotopic (exact) mass is 262 g/mol. The third kappa shape index (κ3) is 1.80. The third-order valence-electron chi connectivity index (χ3n) is 3.99. The summed E-state index contributed by atoms with van der Waals surface area (Å²) in [7, 11) is 0. The number of para-hydroxylation sites is 1. The minimum Gasteiger partial charge on any atom is -0.381 e. The first-order chi connectivity index (χ1) is 8.68. The van der Waals surface area contributed by atoms with E-state index in [0.717, 1.165) is 29.9 Å². The Kier molecular flexibility index (Phi) is 2.99.